The molecule has 10 nitrogen and oxygen atoms in total. The number of ketones is 2. The SMILES string of the molecule is COc1cc(C=CC(=O)CC(=O)C=Cc2ccc(O)c(OC(O)(O)O)c2O)ccc1O. The third kappa shape index (κ3) is 6.85. The van der Waals surface area contributed by atoms with Crippen molar-refractivity contribution in [2.45, 2.75) is 12.6 Å². The van der Waals surface area contributed by atoms with E-state index in [1.54, 1.807) is 6.07 Å². The number of allylic oxidation sites excluding steroid dienone is 2. The minimum absolute atomic E-state index is 0.0556. The van der Waals surface area contributed by atoms with Gasteiger partial charge in [0, 0.05) is 5.56 Å². The first-order valence-electron chi connectivity index (χ1n) is 8.70. The van der Waals surface area contributed by atoms with Crippen LogP contribution in [0.25, 0.3) is 12.2 Å². The van der Waals surface area contributed by atoms with Crippen LogP contribution in [-0.4, -0.2) is 55.5 Å². The number of ether oxygens (including phenoxy) is 2. The minimum Gasteiger partial charge on any atom is -0.504 e. The van der Waals surface area contributed by atoms with Crippen LogP contribution in [0.4, 0.5) is 0 Å². The van der Waals surface area contributed by atoms with Gasteiger partial charge in [0.25, 0.3) is 0 Å². The molecule has 0 aliphatic heterocycles. The summed E-state index contributed by atoms with van der Waals surface area (Å²) in [6.07, 6.45) is 0.617. The van der Waals surface area contributed by atoms with Gasteiger partial charge in [0.15, 0.2) is 34.6 Å². The van der Waals surface area contributed by atoms with Crippen molar-refractivity contribution in [2.24, 2.45) is 0 Å². The van der Waals surface area contributed by atoms with Gasteiger partial charge < -0.3 is 40.1 Å². The number of hydrogen-bond acceptors (Lipinski definition) is 10. The van der Waals surface area contributed by atoms with E-state index in [0.717, 1.165) is 18.2 Å². The Morgan fingerprint density at radius 3 is 2.16 bits per heavy atom. The fourth-order valence-electron chi connectivity index (χ4n) is 2.41. The molecule has 0 aliphatic carbocycles. The van der Waals surface area contributed by atoms with E-state index in [1.807, 2.05) is 0 Å². The number of aromatic hydroxyl groups is 3. The first-order chi connectivity index (χ1) is 14.5. The molecule has 2 aromatic carbocycles. The van der Waals surface area contributed by atoms with Gasteiger partial charge in [0.05, 0.1) is 13.5 Å². The highest BCUT2D eigenvalue weighted by Crippen LogP contribution is 2.40. The summed E-state index contributed by atoms with van der Waals surface area (Å²) in [6, 6.07) is 6.66. The molecular weight excluding hydrogens is 412 g/mol. The number of carbonyl (C=O) groups excluding carboxylic acids is 2. The van der Waals surface area contributed by atoms with E-state index in [-0.39, 0.29) is 17.1 Å². The lowest BCUT2D eigenvalue weighted by atomic mass is 10.1. The van der Waals surface area contributed by atoms with Crippen molar-refractivity contribution < 1.29 is 49.7 Å². The topological polar surface area (TPSA) is 174 Å². The Morgan fingerprint density at radius 1 is 0.935 bits per heavy atom. The smallest absolute Gasteiger partial charge is 0.453 e. The Bertz CT molecular complexity index is 1030. The molecule has 0 heterocycles. The van der Waals surface area contributed by atoms with E-state index < -0.39 is 41.4 Å². The van der Waals surface area contributed by atoms with E-state index in [2.05, 4.69) is 4.74 Å². The molecule has 0 saturated heterocycles. The molecule has 0 saturated carbocycles. The second kappa shape index (κ2) is 9.76. The number of methoxy groups -OCH3 is 1. The highest BCUT2D eigenvalue weighted by Gasteiger charge is 2.26. The van der Waals surface area contributed by atoms with E-state index in [1.165, 1.54) is 37.5 Å². The van der Waals surface area contributed by atoms with Crippen LogP contribution in [0.15, 0.2) is 42.5 Å². The van der Waals surface area contributed by atoms with Crippen molar-refractivity contribution in [1.82, 2.24) is 0 Å². The monoisotopic (exact) mass is 432 g/mol. The Balaban J connectivity index is 2.05. The van der Waals surface area contributed by atoms with Crippen LogP contribution in [0.2, 0.25) is 0 Å². The molecule has 0 spiro atoms. The van der Waals surface area contributed by atoms with Gasteiger partial charge in [0.2, 0.25) is 5.75 Å². The summed E-state index contributed by atoms with van der Waals surface area (Å²) >= 11 is 0. The number of aliphatic hydroxyl groups is 3. The van der Waals surface area contributed by atoms with Gasteiger partial charge >= 0.3 is 6.16 Å². The van der Waals surface area contributed by atoms with Crippen LogP contribution >= 0.6 is 0 Å². The molecule has 2 rings (SSSR count). The Labute approximate surface area is 176 Å². The summed E-state index contributed by atoms with van der Waals surface area (Å²) < 4.78 is 9.20. The second-order valence-corrected chi connectivity index (χ2v) is 6.23. The predicted octanol–water partition coefficient (Wildman–Crippen LogP) is 1.03. The predicted molar refractivity (Wildman–Crippen MR) is 107 cm³/mol. The van der Waals surface area contributed by atoms with Gasteiger partial charge in [-0.1, -0.05) is 12.1 Å². The summed E-state index contributed by atoms with van der Waals surface area (Å²) in [5.41, 5.74) is 0.504. The van der Waals surface area contributed by atoms with Crippen LogP contribution in [0.5, 0.6) is 28.7 Å². The lowest BCUT2D eigenvalue weighted by molar-refractivity contribution is -0.420. The van der Waals surface area contributed by atoms with Gasteiger partial charge in [-0.15, -0.1) is 0 Å². The van der Waals surface area contributed by atoms with Crippen molar-refractivity contribution in [1.29, 1.82) is 0 Å². The molecule has 10 heteroatoms. The Hall–Kier alpha value is -3.86. The minimum atomic E-state index is -3.65. The Morgan fingerprint density at radius 2 is 1.55 bits per heavy atom. The zero-order valence-electron chi connectivity index (χ0n) is 16.2. The molecule has 0 fully saturated rings. The Kier molecular flexibility index (Phi) is 7.37. The third-order valence-electron chi connectivity index (χ3n) is 3.84. The van der Waals surface area contributed by atoms with Crippen LogP contribution in [0, 0.1) is 0 Å². The maximum atomic E-state index is 12.0. The molecule has 31 heavy (non-hydrogen) atoms. The fourth-order valence-corrected chi connectivity index (χ4v) is 2.41. The van der Waals surface area contributed by atoms with Crippen molar-refractivity contribution in [3.63, 3.8) is 0 Å². The van der Waals surface area contributed by atoms with Crippen molar-refractivity contribution in [3.05, 3.63) is 53.6 Å². The van der Waals surface area contributed by atoms with E-state index in [0.29, 0.717) is 5.56 Å². The molecule has 164 valence electrons. The number of carbonyl (C=O) groups is 2. The molecule has 0 aliphatic rings. The van der Waals surface area contributed by atoms with Crippen LogP contribution in [-0.2, 0) is 9.59 Å². The zero-order chi connectivity index (χ0) is 23.2. The molecule has 0 aromatic heterocycles. The molecule has 2 aromatic rings. The summed E-state index contributed by atoms with van der Waals surface area (Å²) in [6.45, 7) is 0. The van der Waals surface area contributed by atoms with Gasteiger partial charge in [-0.3, -0.25) is 9.59 Å². The standard InChI is InChI=1S/C21H20O10/c1-30-18-10-12(3-8-16(18)24)2-6-14(22)11-15(23)7-4-13-5-9-17(25)20(19(13)26)31-21(27,28)29/h2-10,24-29H,11H2,1H3. The van der Waals surface area contributed by atoms with Crippen molar-refractivity contribution in [2.75, 3.05) is 7.11 Å². The van der Waals surface area contributed by atoms with Crippen LogP contribution in [0.3, 0.4) is 0 Å². The average molecular weight is 432 g/mol. The van der Waals surface area contributed by atoms with Crippen molar-refractivity contribution in [3.8, 4) is 28.7 Å². The number of benzene rings is 2. The number of phenolic OH excluding ortho intramolecular Hbond substituents is 3. The number of phenols is 3. The summed E-state index contributed by atoms with van der Waals surface area (Å²) in [5, 5.41) is 55.7. The molecule has 0 amide bonds. The first kappa shape index (κ1) is 23.4. The molecule has 0 unspecified atom stereocenters. The van der Waals surface area contributed by atoms with E-state index >= 15 is 0 Å². The molecule has 6 N–H and O–H groups in total. The van der Waals surface area contributed by atoms with Gasteiger partial charge in [0.1, 0.15) is 0 Å². The van der Waals surface area contributed by atoms with Gasteiger partial charge in [-0.05, 0) is 48.1 Å². The fraction of sp³-hybridized carbons (Fsp3) is 0.143. The third-order valence-corrected chi connectivity index (χ3v) is 3.84. The molecule has 0 bridgehead atoms. The second-order valence-electron chi connectivity index (χ2n) is 6.23. The van der Waals surface area contributed by atoms with Crippen LogP contribution in [0.1, 0.15) is 17.5 Å². The largest absolute Gasteiger partial charge is 0.504 e. The highest BCUT2D eigenvalue weighted by molar-refractivity contribution is 6.11. The average Bonchev–Trinajstić information content (AvgIpc) is 2.69. The van der Waals surface area contributed by atoms with E-state index in [9.17, 15) is 24.9 Å². The van der Waals surface area contributed by atoms with Crippen molar-refractivity contribution >= 4 is 23.7 Å². The normalized spacial score (nSPS) is 11.7. The summed E-state index contributed by atoms with van der Waals surface area (Å²) in [5.74, 6) is -3.25. The van der Waals surface area contributed by atoms with Gasteiger partial charge in [-0.2, -0.15) is 0 Å². The number of rotatable bonds is 9. The summed E-state index contributed by atoms with van der Waals surface area (Å²) in [7, 11) is 1.38. The number of hydrogen-bond donors (Lipinski definition) is 6. The highest BCUT2D eigenvalue weighted by atomic mass is 16.9. The van der Waals surface area contributed by atoms with E-state index in [4.69, 9.17) is 20.1 Å². The molecular formula is C21H20O10. The zero-order valence-corrected chi connectivity index (χ0v) is 16.2. The van der Waals surface area contributed by atoms with Crippen LogP contribution < -0.4 is 9.47 Å². The lowest BCUT2D eigenvalue weighted by Gasteiger charge is -2.17. The molecule has 0 atom stereocenters. The van der Waals surface area contributed by atoms with Gasteiger partial charge in [-0.25, -0.2) is 0 Å². The maximum Gasteiger partial charge on any atom is 0.453 e. The first-order valence-corrected chi connectivity index (χ1v) is 8.70. The quantitative estimate of drug-likeness (QED) is 0.191. The lowest BCUT2D eigenvalue weighted by Crippen LogP contribution is -2.34. The maximum absolute atomic E-state index is 12.0. The molecule has 0 radical (unpaired) electrons. The summed E-state index contributed by atoms with van der Waals surface area (Å²) in [4.78, 5) is 24.0.